The van der Waals surface area contributed by atoms with Gasteiger partial charge in [-0.05, 0) is 24.6 Å². The molecule has 9 heteroatoms. The Hall–Kier alpha value is -1.28. The van der Waals surface area contributed by atoms with Crippen LogP contribution in [0, 0.1) is 0 Å². The van der Waals surface area contributed by atoms with Crippen LogP contribution in [0.2, 0.25) is 0 Å². The van der Waals surface area contributed by atoms with Gasteiger partial charge in [0, 0.05) is 0 Å². The van der Waals surface area contributed by atoms with Gasteiger partial charge in [-0.1, -0.05) is 6.07 Å². The van der Waals surface area contributed by atoms with Crippen molar-refractivity contribution in [2.45, 2.75) is 25.1 Å². The number of hydrogen-bond acceptors (Lipinski definition) is 3. The first-order chi connectivity index (χ1) is 9.15. The van der Waals surface area contributed by atoms with E-state index in [1.807, 2.05) is 0 Å². The number of alkyl halides is 5. The van der Waals surface area contributed by atoms with Crippen LogP contribution in [0.15, 0.2) is 18.2 Å². The van der Waals surface area contributed by atoms with Crippen LogP contribution in [0.25, 0.3) is 0 Å². The molecule has 1 aromatic carbocycles. The molecule has 3 nitrogen and oxygen atoms in total. The molecule has 0 bridgehead atoms. The lowest BCUT2D eigenvalue weighted by Crippen LogP contribution is -2.45. The van der Waals surface area contributed by atoms with Crippen molar-refractivity contribution in [3.63, 3.8) is 0 Å². The van der Waals surface area contributed by atoms with Gasteiger partial charge >= 0.3 is 12.1 Å². The summed E-state index contributed by atoms with van der Waals surface area (Å²) in [6.07, 6.45) is -5.72. The van der Waals surface area contributed by atoms with Crippen molar-refractivity contribution in [3.8, 4) is 11.5 Å². The molecule has 1 aromatic rings. The van der Waals surface area contributed by atoms with Gasteiger partial charge in [-0.15, -0.1) is 12.4 Å². The molecule has 0 saturated heterocycles. The number of rotatable bonds is 5. The summed E-state index contributed by atoms with van der Waals surface area (Å²) in [7, 11) is 1.25. The van der Waals surface area contributed by atoms with Crippen molar-refractivity contribution in [2.24, 2.45) is 5.73 Å². The Kier molecular flexibility index (Phi) is 6.69. The molecule has 0 fully saturated rings. The molecule has 21 heavy (non-hydrogen) atoms. The van der Waals surface area contributed by atoms with Crippen LogP contribution in [0.4, 0.5) is 22.0 Å². The van der Waals surface area contributed by atoms with Gasteiger partial charge in [-0.3, -0.25) is 0 Å². The van der Waals surface area contributed by atoms with Crippen molar-refractivity contribution in [1.82, 2.24) is 0 Å². The maximum absolute atomic E-state index is 13.2. The number of nitrogens with two attached hydrogens (primary N) is 1. The van der Waals surface area contributed by atoms with Crippen LogP contribution >= 0.6 is 12.4 Å². The second-order valence-corrected chi connectivity index (χ2v) is 3.94. The highest BCUT2D eigenvalue weighted by Gasteiger charge is 2.61. The van der Waals surface area contributed by atoms with E-state index in [9.17, 15) is 22.0 Å². The van der Waals surface area contributed by atoms with Gasteiger partial charge in [0.2, 0.25) is 0 Å². The zero-order chi connectivity index (χ0) is 15.6. The monoisotopic (exact) mass is 335 g/mol. The van der Waals surface area contributed by atoms with Gasteiger partial charge in [-0.2, -0.15) is 22.0 Å². The molecule has 1 atom stereocenters. The average Bonchev–Trinajstić information content (AvgIpc) is 2.37. The number of hydrogen-bond donors (Lipinski definition) is 1. The maximum Gasteiger partial charge on any atom is 0.455 e. The van der Waals surface area contributed by atoms with E-state index < -0.39 is 23.7 Å². The van der Waals surface area contributed by atoms with E-state index in [0.717, 1.165) is 12.1 Å². The minimum absolute atomic E-state index is 0. The number of methoxy groups -OCH3 is 1. The summed E-state index contributed by atoms with van der Waals surface area (Å²) in [6.45, 7) is 1.98. The fourth-order valence-electron chi connectivity index (χ4n) is 1.54. The molecular weight excluding hydrogens is 321 g/mol. The zero-order valence-electron chi connectivity index (χ0n) is 11.2. The van der Waals surface area contributed by atoms with Gasteiger partial charge in [0.15, 0.2) is 11.5 Å². The minimum atomic E-state index is -5.72. The van der Waals surface area contributed by atoms with Gasteiger partial charge in [0.25, 0.3) is 0 Å². The maximum atomic E-state index is 13.2. The SMILES string of the molecule is CCOc1ccc([C@H](N)C(F)(F)C(F)(F)F)cc1OC.Cl. The highest BCUT2D eigenvalue weighted by Crippen LogP contribution is 2.44. The molecule has 122 valence electrons. The first kappa shape index (κ1) is 19.7. The predicted molar refractivity (Wildman–Crippen MR) is 69.3 cm³/mol. The van der Waals surface area contributed by atoms with E-state index in [2.05, 4.69) is 0 Å². The summed E-state index contributed by atoms with van der Waals surface area (Å²) in [5.74, 6) is -4.76. The second kappa shape index (κ2) is 7.13. The molecule has 0 aliphatic carbocycles. The summed E-state index contributed by atoms with van der Waals surface area (Å²) in [5, 5.41) is 0. The van der Waals surface area contributed by atoms with Crippen molar-refractivity contribution in [3.05, 3.63) is 23.8 Å². The van der Waals surface area contributed by atoms with Crippen molar-refractivity contribution >= 4 is 12.4 Å². The molecule has 0 aliphatic rings. The predicted octanol–water partition coefficient (Wildman–Crippen LogP) is 3.71. The van der Waals surface area contributed by atoms with Crippen LogP contribution in [0.5, 0.6) is 11.5 Å². The summed E-state index contributed by atoms with van der Waals surface area (Å²) in [4.78, 5) is 0. The lowest BCUT2D eigenvalue weighted by atomic mass is 10.0. The third kappa shape index (κ3) is 4.10. The first-order valence-electron chi connectivity index (χ1n) is 5.66. The number of benzene rings is 1. The topological polar surface area (TPSA) is 44.5 Å². The van der Waals surface area contributed by atoms with E-state index in [1.54, 1.807) is 6.92 Å². The highest BCUT2D eigenvalue weighted by atomic mass is 35.5. The van der Waals surface area contributed by atoms with Crippen molar-refractivity contribution < 1.29 is 31.4 Å². The van der Waals surface area contributed by atoms with Crippen LogP contribution < -0.4 is 15.2 Å². The molecule has 0 radical (unpaired) electrons. The first-order valence-corrected chi connectivity index (χ1v) is 5.66. The van der Waals surface area contributed by atoms with E-state index >= 15 is 0 Å². The average molecular weight is 336 g/mol. The largest absolute Gasteiger partial charge is 0.493 e. The number of ether oxygens (including phenoxy) is 2. The minimum Gasteiger partial charge on any atom is -0.493 e. The van der Waals surface area contributed by atoms with E-state index in [4.69, 9.17) is 15.2 Å². The van der Waals surface area contributed by atoms with Gasteiger partial charge in [0.1, 0.15) is 6.04 Å². The zero-order valence-corrected chi connectivity index (χ0v) is 12.0. The Morgan fingerprint density at radius 2 is 1.71 bits per heavy atom. The molecular formula is C12H15ClF5NO2. The Morgan fingerprint density at radius 1 is 1.14 bits per heavy atom. The molecule has 2 N–H and O–H groups in total. The second-order valence-electron chi connectivity index (χ2n) is 3.94. The van der Waals surface area contributed by atoms with Crippen LogP contribution in [-0.4, -0.2) is 25.8 Å². The van der Waals surface area contributed by atoms with Gasteiger partial charge < -0.3 is 15.2 Å². The van der Waals surface area contributed by atoms with E-state index in [1.165, 1.54) is 13.2 Å². The summed E-state index contributed by atoms with van der Waals surface area (Å²) in [6, 6.07) is 0.781. The lowest BCUT2D eigenvalue weighted by molar-refractivity contribution is -0.291. The molecule has 0 heterocycles. The third-order valence-electron chi connectivity index (χ3n) is 2.62. The number of halogens is 6. The van der Waals surface area contributed by atoms with E-state index in [0.29, 0.717) is 6.61 Å². The van der Waals surface area contributed by atoms with Crippen LogP contribution in [-0.2, 0) is 0 Å². The molecule has 0 aliphatic heterocycles. The Bertz CT molecular complexity index is 467. The summed E-state index contributed by atoms with van der Waals surface area (Å²) in [5.41, 5.74) is 4.64. The van der Waals surface area contributed by atoms with Gasteiger partial charge in [0.05, 0.1) is 13.7 Å². The molecule has 0 aromatic heterocycles. The molecule has 0 spiro atoms. The van der Waals surface area contributed by atoms with Crippen molar-refractivity contribution in [1.29, 1.82) is 0 Å². The Balaban J connectivity index is 0.00000400. The third-order valence-corrected chi connectivity index (χ3v) is 2.62. The molecule has 0 saturated carbocycles. The summed E-state index contributed by atoms with van der Waals surface area (Å²) < 4.78 is 73.2. The Morgan fingerprint density at radius 3 is 2.14 bits per heavy atom. The smallest absolute Gasteiger partial charge is 0.455 e. The Labute approximate surface area is 124 Å². The van der Waals surface area contributed by atoms with Crippen LogP contribution in [0.3, 0.4) is 0 Å². The van der Waals surface area contributed by atoms with Crippen molar-refractivity contribution in [2.75, 3.05) is 13.7 Å². The molecule has 1 rings (SSSR count). The lowest BCUT2D eigenvalue weighted by Gasteiger charge is -2.26. The fraction of sp³-hybridized carbons (Fsp3) is 0.500. The highest BCUT2D eigenvalue weighted by molar-refractivity contribution is 5.85. The quantitative estimate of drug-likeness (QED) is 0.834. The fourth-order valence-corrected chi connectivity index (χ4v) is 1.54. The van der Waals surface area contributed by atoms with E-state index in [-0.39, 0.29) is 23.9 Å². The van der Waals surface area contributed by atoms with Gasteiger partial charge in [-0.25, -0.2) is 0 Å². The normalized spacial score (nSPS) is 13.3. The standard InChI is InChI=1S/C12H14F5NO2.ClH/c1-3-20-8-5-4-7(6-9(8)19-2)10(18)11(13,14)12(15,16)17;/h4-6,10H,3,18H2,1-2H3;1H/t10-;/m0./s1. The molecule has 0 amide bonds. The molecule has 0 unspecified atom stereocenters. The summed E-state index contributed by atoms with van der Waals surface area (Å²) >= 11 is 0. The van der Waals surface area contributed by atoms with Crippen LogP contribution in [0.1, 0.15) is 18.5 Å².